The molecule has 0 bridgehead atoms. The molecule has 10 heteroatoms. The number of aromatic nitrogens is 3. The Morgan fingerprint density at radius 2 is 2.15 bits per heavy atom. The predicted octanol–water partition coefficient (Wildman–Crippen LogP) is 2.47. The Hall–Kier alpha value is -1.98. The molecular weight excluding hydrogens is 469 g/mol. The van der Waals surface area contributed by atoms with E-state index in [1.807, 2.05) is 17.6 Å². The van der Waals surface area contributed by atoms with Crippen LogP contribution in [0.1, 0.15) is 18.3 Å². The highest BCUT2D eigenvalue weighted by atomic mass is 127. The minimum absolute atomic E-state index is 0. The summed E-state index contributed by atoms with van der Waals surface area (Å²) in [5.74, 6) is 2.01. The zero-order valence-electron chi connectivity index (χ0n) is 15.4. The van der Waals surface area contributed by atoms with Gasteiger partial charge in [0.1, 0.15) is 24.5 Å². The Bertz CT molecular complexity index is 710. The van der Waals surface area contributed by atoms with Gasteiger partial charge in [0.2, 0.25) is 0 Å². The number of halogens is 3. The monoisotopic (exact) mass is 494 g/mol. The molecule has 27 heavy (non-hydrogen) atoms. The van der Waals surface area contributed by atoms with Gasteiger partial charge in [0.25, 0.3) is 6.43 Å². The summed E-state index contributed by atoms with van der Waals surface area (Å²) in [7, 11) is 1.69. The van der Waals surface area contributed by atoms with E-state index < -0.39 is 13.0 Å². The van der Waals surface area contributed by atoms with Gasteiger partial charge < -0.3 is 19.9 Å². The number of ether oxygens (including phenoxy) is 1. The second-order valence-electron chi connectivity index (χ2n) is 5.50. The topological polar surface area (TPSA) is 76.4 Å². The van der Waals surface area contributed by atoms with Crippen molar-refractivity contribution in [3.8, 4) is 5.75 Å². The van der Waals surface area contributed by atoms with Crippen LogP contribution in [0.15, 0.2) is 35.6 Å². The number of aliphatic imine (C=N–C) groups is 1. The maximum atomic E-state index is 12.2. The number of aryl methyl sites for hydroxylation is 1. The number of benzene rings is 1. The first kappa shape index (κ1) is 23.1. The van der Waals surface area contributed by atoms with Gasteiger partial charge >= 0.3 is 0 Å². The number of nitrogens with one attached hydrogen (secondary N) is 2. The van der Waals surface area contributed by atoms with E-state index in [4.69, 9.17) is 4.74 Å². The van der Waals surface area contributed by atoms with Crippen molar-refractivity contribution >= 4 is 29.9 Å². The largest absolute Gasteiger partial charge is 0.488 e. The van der Waals surface area contributed by atoms with Crippen molar-refractivity contribution in [1.82, 2.24) is 25.4 Å². The van der Waals surface area contributed by atoms with Gasteiger partial charge in [0.05, 0.1) is 0 Å². The highest BCUT2D eigenvalue weighted by molar-refractivity contribution is 14.0. The van der Waals surface area contributed by atoms with Crippen LogP contribution in [0.4, 0.5) is 8.78 Å². The van der Waals surface area contributed by atoms with Crippen molar-refractivity contribution in [1.29, 1.82) is 0 Å². The van der Waals surface area contributed by atoms with Crippen LogP contribution in [0.25, 0.3) is 0 Å². The average Bonchev–Trinajstić information content (AvgIpc) is 3.10. The smallest absolute Gasteiger partial charge is 0.272 e. The van der Waals surface area contributed by atoms with Crippen molar-refractivity contribution in [2.45, 2.75) is 32.9 Å². The molecule has 7 nitrogen and oxygen atoms in total. The maximum Gasteiger partial charge on any atom is 0.272 e. The second kappa shape index (κ2) is 12.4. The molecule has 0 atom stereocenters. The van der Waals surface area contributed by atoms with Gasteiger partial charge in [-0.1, -0.05) is 19.1 Å². The summed E-state index contributed by atoms with van der Waals surface area (Å²) in [6, 6.07) is 7.04. The van der Waals surface area contributed by atoms with Crippen molar-refractivity contribution in [3.05, 3.63) is 42.0 Å². The molecule has 0 spiro atoms. The Morgan fingerprint density at radius 1 is 1.33 bits per heavy atom. The molecule has 0 amide bonds. The van der Waals surface area contributed by atoms with Crippen LogP contribution in [0, 0.1) is 0 Å². The number of hydrogen-bond acceptors (Lipinski definition) is 4. The maximum absolute atomic E-state index is 12.2. The van der Waals surface area contributed by atoms with Crippen LogP contribution in [0.5, 0.6) is 5.75 Å². The summed E-state index contributed by atoms with van der Waals surface area (Å²) in [5, 5.41) is 14.3. The molecule has 0 fully saturated rings. The molecule has 0 saturated carbocycles. The molecule has 0 saturated heterocycles. The predicted molar refractivity (Wildman–Crippen MR) is 111 cm³/mol. The molecule has 1 aromatic heterocycles. The molecule has 1 heterocycles. The number of guanidine groups is 1. The standard InChI is InChI=1S/C17H24F2N6O.HI/c1-3-16-24-23-12-25(16)8-7-21-17(20-2)22-10-13-5-4-6-14(9-13)26-11-15(18)19;/h4-6,9,12,15H,3,7-8,10-11H2,1-2H3,(H2,20,21,22);1H. The Morgan fingerprint density at radius 3 is 2.85 bits per heavy atom. The third kappa shape index (κ3) is 8.06. The highest BCUT2D eigenvalue weighted by Crippen LogP contribution is 2.14. The van der Waals surface area contributed by atoms with E-state index in [0.717, 1.165) is 24.4 Å². The van der Waals surface area contributed by atoms with Crippen LogP contribution in [0.3, 0.4) is 0 Å². The van der Waals surface area contributed by atoms with Gasteiger partial charge in [-0.05, 0) is 17.7 Å². The second-order valence-corrected chi connectivity index (χ2v) is 5.50. The van der Waals surface area contributed by atoms with Gasteiger partial charge in [0, 0.05) is 33.1 Å². The first-order chi connectivity index (χ1) is 12.6. The van der Waals surface area contributed by atoms with E-state index in [-0.39, 0.29) is 24.0 Å². The molecule has 2 N–H and O–H groups in total. The summed E-state index contributed by atoms with van der Waals surface area (Å²) >= 11 is 0. The van der Waals surface area contributed by atoms with Gasteiger partial charge in [-0.15, -0.1) is 34.2 Å². The van der Waals surface area contributed by atoms with E-state index >= 15 is 0 Å². The third-order valence-electron chi connectivity index (χ3n) is 3.62. The molecule has 1 aromatic carbocycles. The summed E-state index contributed by atoms with van der Waals surface area (Å²) in [4.78, 5) is 4.17. The molecule has 2 rings (SSSR count). The summed E-state index contributed by atoms with van der Waals surface area (Å²) in [5.41, 5.74) is 0.909. The van der Waals surface area contributed by atoms with Gasteiger partial charge in [-0.2, -0.15) is 0 Å². The van der Waals surface area contributed by atoms with Crippen LogP contribution in [0.2, 0.25) is 0 Å². The summed E-state index contributed by atoms with van der Waals surface area (Å²) in [6.45, 7) is 3.32. The quantitative estimate of drug-likeness (QED) is 0.318. The van der Waals surface area contributed by atoms with Crippen molar-refractivity contribution in [2.75, 3.05) is 20.2 Å². The van der Waals surface area contributed by atoms with Gasteiger partial charge in [-0.25, -0.2) is 8.78 Å². The molecular formula is C17H25F2IN6O. The number of hydrogen-bond donors (Lipinski definition) is 2. The molecule has 0 aliphatic rings. The van der Waals surface area contributed by atoms with Crippen molar-refractivity contribution in [2.24, 2.45) is 4.99 Å². The summed E-state index contributed by atoms with van der Waals surface area (Å²) in [6.07, 6.45) is 0.0529. The fraction of sp³-hybridized carbons (Fsp3) is 0.471. The SMILES string of the molecule is CCc1nncn1CCNC(=NC)NCc1cccc(OCC(F)F)c1.I. The summed E-state index contributed by atoms with van der Waals surface area (Å²) < 4.78 is 31.5. The molecule has 0 aliphatic heterocycles. The zero-order valence-corrected chi connectivity index (χ0v) is 17.7. The van der Waals surface area contributed by atoms with E-state index in [2.05, 4.69) is 25.8 Å². The first-order valence-corrected chi connectivity index (χ1v) is 8.43. The molecule has 0 unspecified atom stereocenters. The average molecular weight is 494 g/mol. The molecule has 2 aromatic rings. The highest BCUT2D eigenvalue weighted by Gasteiger charge is 2.05. The zero-order chi connectivity index (χ0) is 18.8. The normalized spacial score (nSPS) is 11.2. The van der Waals surface area contributed by atoms with Crippen LogP contribution in [-0.2, 0) is 19.5 Å². The Balaban J connectivity index is 0.00000364. The van der Waals surface area contributed by atoms with Crippen LogP contribution < -0.4 is 15.4 Å². The van der Waals surface area contributed by atoms with E-state index in [1.165, 1.54) is 0 Å². The van der Waals surface area contributed by atoms with E-state index in [1.54, 1.807) is 31.6 Å². The minimum atomic E-state index is -2.49. The van der Waals surface area contributed by atoms with Crippen molar-refractivity contribution in [3.63, 3.8) is 0 Å². The van der Waals surface area contributed by atoms with Crippen LogP contribution in [-0.4, -0.2) is 47.3 Å². The molecule has 0 radical (unpaired) electrons. The lowest BCUT2D eigenvalue weighted by Crippen LogP contribution is -2.38. The molecule has 0 aliphatic carbocycles. The lowest BCUT2D eigenvalue weighted by Gasteiger charge is -2.13. The minimum Gasteiger partial charge on any atom is -0.488 e. The fourth-order valence-electron chi connectivity index (χ4n) is 2.35. The lowest BCUT2D eigenvalue weighted by atomic mass is 10.2. The van der Waals surface area contributed by atoms with E-state index in [0.29, 0.717) is 24.8 Å². The van der Waals surface area contributed by atoms with Gasteiger partial charge in [0.15, 0.2) is 5.96 Å². The lowest BCUT2D eigenvalue weighted by molar-refractivity contribution is 0.0818. The number of alkyl halides is 2. The fourth-order valence-corrected chi connectivity index (χ4v) is 2.35. The van der Waals surface area contributed by atoms with Crippen molar-refractivity contribution < 1.29 is 13.5 Å². The number of nitrogens with zero attached hydrogens (tertiary/aromatic N) is 4. The molecule has 150 valence electrons. The Kier molecular flexibility index (Phi) is 10.6. The Labute approximate surface area is 174 Å². The first-order valence-electron chi connectivity index (χ1n) is 8.43. The van der Waals surface area contributed by atoms with E-state index in [9.17, 15) is 8.78 Å². The van der Waals surface area contributed by atoms with Crippen LogP contribution >= 0.6 is 24.0 Å². The third-order valence-corrected chi connectivity index (χ3v) is 3.62. The van der Waals surface area contributed by atoms with Gasteiger partial charge in [-0.3, -0.25) is 4.99 Å². The number of rotatable bonds is 9.